The number of aromatic nitrogens is 1. The van der Waals surface area contributed by atoms with Crippen molar-refractivity contribution in [1.82, 2.24) is 4.98 Å². The molecule has 0 aromatic carbocycles. The molecule has 1 heterocycles. The van der Waals surface area contributed by atoms with Crippen LogP contribution in [0.15, 0.2) is 22.8 Å². The molecule has 0 bridgehead atoms. The summed E-state index contributed by atoms with van der Waals surface area (Å²) in [5.74, 6) is 0.248. The minimum absolute atomic E-state index is 0.0359. The third-order valence-electron chi connectivity index (χ3n) is 4.30. The molecule has 1 aliphatic carbocycles. The first kappa shape index (κ1) is 16.4. The molecule has 21 heavy (non-hydrogen) atoms. The highest BCUT2D eigenvalue weighted by molar-refractivity contribution is 9.10. The summed E-state index contributed by atoms with van der Waals surface area (Å²) in [7, 11) is 0. The van der Waals surface area contributed by atoms with Gasteiger partial charge in [-0.3, -0.25) is 9.78 Å². The summed E-state index contributed by atoms with van der Waals surface area (Å²) in [6, 6.07) is 3.73. The number of nitrogens with zero attached hydrogens (tertiary/aromatic N) is 1. The van der Waals surface area contributed by atoms with Gasteiger partial charge in [0, 0.05) is 10.7 Å². The van der Waals surface area contributed by atoms with Crippen LogP contribution in [0.3, 0.4) is 0 Å². The van der Waals surface area contributed by atoms with E-state index in [1.165, 1.54) is 0 Å². The Bertz CT molecular complexity index is 477. The average Bonchev–Trinajstić information content (AvgIpc) is 2.47. The van der Waals surface area contributed by atoms with E-state index in [-0.39, 0.29) is 23.7 Å². The lowest BCUT2D eigenvalue weighted by Crippen LogP contribution is -2.32. The number of aliphatic hydroxyl groups excluding tert-OH is 1. The largest absolute Gasteiger partial charge is 0.466 e. The number of pyridine rings is 1. The molecule has 0 amide bonds. The fourth-order valence-corrected chi connectivity index (χ4v) is 3.36. The topological polar surface area (TPSA) is 59.4 Å². The van der Waals surface area contributed by atoms with Crippen LogP contribution in [0.2, 0.25) is 0 Å². The van der Waals surface area contributed by atoms with Crippen molar-refractivity contribution in [3.05, 3.63) is 28.5 Å². The van der Waals surface area contributed by atoms with E-state index < -0.39 is 6.10 Å². The Labute approximate surface area is 134 Å². The SMILES string of the molecule is CCOC(=O)[C@H]1CCC(C(O)c2ccc(Br)cn2)C[C@H]1C. The molecule has 2 unspecified atom stereocenters. The van der Waals surface area contributed by atoms with Crippen molar-refractivity contribution in [3.63, 3.8) is 0 Å². The number of ether oxygens (including phenoxy) is 1. The highest BCUT2D eigenvalue weighted by atomic mass is 79.9. The fourth-order valence-electron chi connectivity index (χ4n) is 3.13. The maximum atomic E-state index is 11.9. The van der Waals surface area contributed by atoms with Gasteiger partial charge in [0.25, 0.3) is 0 Å². The summed E-state index contributed by atoms with van der Waals surface area (Å²) in [5, 5.41) is 10.5. The summed E-state index contributed by atoms with van der Waals surface area (Å²) in [6.07, 6.45) is 3.56. The van der Waals surface area contributed by atoms with Gasteiger partial charge in [-0.1, -0.05) is 6.92 Å². The van der Waals surface area contributed by atoms with Gasteiger partial charge in [-0.2, -0.15) is 0 Å². The van der Waals surface area contributed by atoms with Gasteiger partial charge < -0.3 is 9.84 Å². The molecule has 4 atom stereocenters. The summed E-state index contributed by atoms with van der Waals surface area (Å²) >= 11 is 3.34. The van der Waals surface area contributed by atoms with E-state index in [0.717, 1.165) is 23.7 Å². The van der Waals surface area contributed by atoms with Gasteiger partial charge in [0.1, 0.15) is 0 Å². The van der Waals surface area contributed by atoms with Crippen molar-refractivity contribution in [2.45, 2.75) is 39.2 Å². The highest BCUT2D eigenvalue weighted by Gasteiger charge is 2.36. The maximum absolute atomic E-state index is 11.9. The van der Waals surface area contributed by atoms with Gasteiger partial charge in [-0.15, -0.1) is 0 Å². The molecule has 0 spiro atoms. The number of hydrogen-bond acceptors (Lipinski definition) is 4. The average molecular weight is 356 g/mol. The van der Waals surface area contributed by atoms with Crippen molar-refractivity contribution >= 4 is 21.9 Å². The van der Waals surface area contributed by atoms with Crippen LogP contribution < -0.4 is 0 Å². The van der Waals surface area contributed by atoms with E-state index in [0.29, 0.717) is 12.3 Å². The number of rotatable bonds is 4. The molecule has 2 rings (SSSR count). The molecule has 1 aromatic heterocycles. The molecule has 1 aromatic rings. The third kappa shape index (κ3) is 4.04. The van der Waals surface area contributed by atoms with Gasteiger partial charge in [-0.25, -0.2) is 0 Å². The molecular weight excluding hydrogens is 334 g/mol. The van der Waals surface area contributed by atoms with E-state index in [4.69, 9.17) is 4.74 Å². The molecule has 0 aliphatic heterocycles. The zero-order valence-corrected chi connectivity index (χ0v) is 14.0. The normalized spacial score (nSPS) is 27.1. The first-order valence-electron chi connectivity index (χ1n) is 7.49. The van der Waals surface area contributed by atoms with E-state index in [2.05, 4.69) is 27.8 Å². The van der Waals surface area contributed by atoms with Crippen molar-refractivity contribution in [3.8, 4) is 0 Å². The van der Waals surface area contributed by atoms with Crippen molar-refractivity contribution in [1.29, 1.82) is 0 Å². The monoisotopic (exact) mass is 355 g/mol. The van der Waals surface area contributed by atoms with E-state index >= 15 is 0 Å². The Morgan fingerprint density at radius 1 is 1.52 bits per heavy atom. The Hall–Kier alpha value is -0.940. The quantitative estimate of drug-likeness (QED) is 0.839. The first-order chi connectivity index (χ1) is 10.0. The Morgan fingerprint density at radius 2 is 2.29 bits per heavy atom. The molecule has 1 aliphatic rings. The Morgan fingerprint density at radius 3 is 2.86 bits per heavy atom. The highest BCUT2D eigenvalue weighted by Crippen LogP contribution is 2.40. The van der Waals surface area contributed by atoms with Crippen LogP contribution in [0.1, 0.15) is 44.9 Å². The Balaban J connectivity index is 1.98. The second-order valence-electron chi connectivity index (χ2n) is 5.76. The lowest BCUT2D eigenvalue weighted by molar-refractivity contribution is -0.152. The summed E-state index contributed by atoms with van der Waals surface area (Å²) in [6.45, 7) is 4.32. The summed E-state index contributed by atoms with van der Waals surface area (Å²) < 4.78 is 6.03. The van der Waals surface area contributed by atoms with Crippen LogP contribution in [-0.4, -0.2) is 22.7 Å². The molecule has 1 fully saturated rings. The zero-order chi connectivity index (χ0) is 15.4. The predicted molar refractivity (Wildman–Crippen MR) is 83.5 cm³/mol. The molecule has 0 saturated heterocycles. The molecule has 1 N–H and O–H groups in total. The molecule has 116 valence electrons. The second kappa shape index (κ2) is 7.36. The van der Waals surface area contributed by atoms with E-state index in [1.807, 2.05) is 19.1 Å². The number of carbonyl (C=O) groups excluding carboxylic acids is 1. The van der Waals surface area contributed by atoms with Crippen LogP contribution in [-0.2, 0) is 9.53 Å². The number of hydrogen-bond donors (Lipinski definition) is 1. The smallest absolute Gasteiger partial charge is 0.309 e. The second-order valence-corrected chi connectivity index (χ2v) is 6.67. The van der Waals surface area contributed by atoms with Gasteiger partial charge >= 0.3 is 5.97 Å². The molecule has 5 heteroatoms. The van der Waals surface area contributed by atoms with E-state index in [1.54, 1.807) is 6.20 Å². The lowest BCUT2D eigenvalue weighted by atomic mass is 9.72. The molecule has 1 saturated carbocycles. The third-order valence-corrected chi connectivity index (χ3v) is 4.77. The van der Waals surface area contributed by atoms with Crippen LogP contribution in [0, 0.1) is 17.8 Å². The lowest BCUT2D eigenvalue weighted by Gasteiger charge is -2.34. The number of esters is 1. The predicted octanol–water partition coefficient (Wildman–Crippen LogP) is 3.49. The molecular formula is C16H22BrNO3. The number of halogens is 1. The van der Waals surface area contributed by atoms with Gasteiger partial charge in [-0.05, 0) is 66.1 Å². The fraction of sp³-hybridized carbons (Fsp3) is 0.625. The van der Waals surface area contributed by atoms with Gasteiger partial charge in [0.15, 0.2) is 0 Å². The summed E-state index contributed by atoms with van der Waals surface area (Å²) in [4.78, 5) is 16.2. The maximum Gasteiger partial charge on any atom is 0.309 e. The first-order valence-corrected chi connectivity index (χ1v) is 8.28. The van der Waals surface area contributed by atoms with Crippen molar-refractivity contribution < 1.29 is 14.6 Å². The zero-order valence-electron chi connectivity index (χ0n) is 12.5. The van der Waals surface area contributed by atoms with Crippen LogP contribution in [0.5, 0.6) is 0 Å². The van der Waals surface area contributed by atoms with Crippen LogP contribution in [0.25, 0.3) is 0 Å². The van der Waals surface area contributed by atoms with Gasteiger partial charge in [0.05, 0.1) is 24.3 Å². The summed E-state index contributed by atoms with van der Waals surface area (Å²) in [5.41, 5.74) is 0.699. The number of aliphatic hydroxyl groups is 1. The minimum Gasteiger partial charge on any atom is -0.466 e. The van der Waals surface area contributed by atoms with Gasteiger partial charge in [0.2, 0.25) is 0 Å². The van der Waals surface area contributed by atoms with Crippen LogP contribution in [0.4, 0.5) is 0 Å². The van der Waals surface area contributed by atoms with Crippen molar-refractivity contribution in [2.24, 2.45) is 17.8 Å². The van der Waals surface area contributed by atoms with Crippen molar-refractivity contribution in [2.75, 3.05) is 6.61 Å². The van der Waals surface area contributed by atoms with Crippen LogP contribution >= 0.6 is 15.9 Å². The minimum atomic E-state index is -0.566. The number of carbonyl (C=O) groups is 1. The molecule has 0 radical (unpaired) electrons. The van der Waals surface area contributed by atoms with E-state index in [9.17, 15) is 9.90 Å². The Kier molecular flexibility index (Phi) is 5.76. The standard InChI is InChI=1S/C16H22BrNO3/c1-3-21-16(20)13-6-4-11(8-10(13)2)15(19)14-7-5-12(17)9-18-14/h5,7,9-11,13,15,19H,3-4,6,8H2,1-2H3/t10-,11?,13+,15?/m1/s1. The molecule has 4 nitrogen and oxygen atoms in total.